The zero-order valence-corrected chi connectivity index (χ0v) is 8.58. The Kier molecular flexibility index (Phi) is 2.23. The quantitative estimate of drug-likeness (QED) is 0.636. The Morgan fingerprint density at radius 2 is 2.29 bits per heavy atom. The molecule has 1 aromatic rings. The molecular formula is C11H14N2O. The smallest absolute Gasteiger partial charge is 0.159 e. The van der Waals surface area contributed by atoms with Gasteiger partial charge in [0, 0.05) is 12.3 Å². The van der Waals surface area contributed by atoms with Gasteiger partial charge < -0.3 is 4.74 Å². The molecule has 1 aromatic heterocycles. The SMILES string of the molecule is C=C1COc2cnc(C(C)C)nc2C1. The molecule has 0 unspecified atom stereocenters. The van der Waals surface area contributed by atoms with Gasteiger partial charge in [-0.1, -0.05) is 20.4 Å². The van der Waals surface area contributed by atoms with Crippen molar-refractivity contribution in [2.75, 3.05) is 6.61 Å². The van der Waals surface area contributed by atoms with Crippen molar-refractivity contribution in [1.29, 1.82) is 0 Å². The van der Waals surface area contributed by atoms with E-state index >= 15 is 0 Å². The summed E-state index contributed by atoms with van der Waals surface area (Å²) in [6.07, 6.45) is 2.58. The van der Waals surface area contributed by atoms with E-state index in [9.17, 15) is 0 Å². The van der Waals surface area contributed by atoms with E-state index in [1.807, 2.05) is 0 Å². The number of ether oxygens (including phenoxy) is 1. The number of aromatic nitrogens is 2. The van der Waals surface area contributed by atoms with Crippen molar-refractivity contribution < 1.29 is 4.74 Å². The molecule has 74 valence electrons. The number of hydrogen-bond acceptors (Lipinski definition) is 3. The fourth-order valence-corrected chi connectivity index (χ4v) is 1.41. The van der Waals surface area contributed by atoms with Crippen LogP contribution >= 0.6 is 0 Å². The lowest BCUT2D eigenvalue weighted by molar-refractivity contribution is 0.326. The molecule has 0 saturated carbocycles. The highest BCUT2D eigenvalue weighted by Gasteiger charge is 2.16. The summed E-state index contributed by atoms with van der Waals surface area (Å²) in [6.45, 7) is 8.66. The van der Waals surface area contributed by atoms with Crippen LogP contribution in [0.15, 0.2) is 18.3 Å². The molecule has 0 atom stereocenters. The normalized spacial score (nSPS) is 15.2. The maximum absolute atomic E-state index is 5.45. The summed E-state index contributed by atoms with van der Waals surface area (Å²) in [7, 11) is 0. The molecule has 0 bridgehead atoms. The van der Waals surface area contributed by atoms with Gasteiger partial charge in [0.2, 0.25) is 0 Å². The van der Waals surface area contributed by atoms with E-state index in [1.165, 1.54) is 0 Å². The Morgan fingerprint density at radius 1 is 1.50 bits per heavy atom. The molecule has 0 aromatic carbocycles. The summed E-state index contributed by atoms with van der Waals surface area (Å²) in [5, 5.41) is 0. The molecule has 2 heterocycles. The second-order valence-corrected chi connectivity index (χ2v) is 3.91. The minimum Gasteiger partial charge on any atom is -0.486 e. The second-order valence-electron chi connectivity index (χ2n) is 3.91. The molecule has 0 spiro atoms. The molecule has 0 radical (unpaired) electrons. The maximum Gasteiger partial charge on any atom is 0.159 e. The Hall–Kier alpha value is -1.38. The third-order valence-electron chi connectivity index (χ3n) is 2.21. The molecular weight excluding hydrogens is 176 g/mol. The van der Waals surface area contributed by atoms with Crippen LogP contribution in [-0.4, -0.2) is 16.6 Å². The first-order valence-corrected chi connectivity index (χ1v) is 4.82. The summed E-state index contributed by atoms with van der Waals surface area (Å²) in [5.41, 5.74) is 2.05. The lowest BCUT2D eigenvalue weighted by atomic mass is 10.1. The Bertz CT molecular complexity index is 372. The molecule has 0 saturated heterocycles. The summed E-state index contributed by atoms with van der Waals surface area (Å²) in [5.74, 6) is 2.04. The first kappa shape index (κ1) is 9.19. The zero-order chi connectivity index (χ0) is 10.1. The Morgan fingerprint density at radius 3 is 3.00 bits per heavy atom. The monoisotopic (exact) mass is 190 g/mol. The van der Waals surface area contributed by atoms with Crippen LogP contribution < -0.4 is 4.74 Å². The second kappa shape index (κ2) is 3.40. The van der Waals surface area contributed by atoms with Gasteiger partial charge in [-0.25, -0.2) is 9.97 Å². The van der Waals surface area contributed by atoms with Crippen molar-refractivity contribution >= 4 is 0 Å². The Labute approximate surface area is 83.8 Å². The first-order chi connectivity index (χ1) is 6.66. The number of nitrogens with zero attached hydrogens (tertiary/aromatic N) is 2. The summed E-state index contributed by atoms with van der Waals surface area (Å²) >= 11 is 0. The zero-order valence-electron chi connectivity index (χ0n) is 8.58. The predicted molar refractivity (Wildman–Crippen MR) is 54.5 cm³/mol. The van der Waals surface area contributed by atoms with Crippen LogP contribution in [0.5, 0.6) is 5.75 Å². The van der Waals surface area contributed by atoms with Crippen molar-refractivity contribution in [2.24, 2.45) is 0 Å². The van der Waals surface area contributed by atoms with Crippen molar-refractivity contribution in [3.05, 3.63) is 29.9 Å². The van der Waals surface area contributed by atoms with Gasteiger partial charge in [-0.15, -0.1) is 0 Å². The highest BCUT2D eigenvalue weighted by Crippen LogP contribution is 2.24. The summed E-state index contributed by atoms with van der Waals surface area (Å²) in [6, 6.07) is 0. The van der Waals surface area contributed by atoms with Crippen LogP contribution in [0, 0.1) is 0 Å². The van der Waals surface area contributed by atoms with E-state index in [1.54, 1.807) is 6.20 Å². The molecule has 0 N–H and O–H groups in total. The molecule has 1 aliphatic rings. The number of rotatable bonds is 1. The van der Waals surface area contributed by atoms with Gasteiger partial charge in [0.1, 0.15) is 12.4 Å². The number of hydrogen-bond donors (Lipinski definition) is 0. The highest BCUT2D eigenvalue weighted by atomic mass is 16.5. The maximum atomic E-state index is 5.45. The Balaban J connectivity index is 2.37. The van der Waals surface area contributed by atoms with Crippen LogP contribution in [0.1, 0.15) is 31.3 Å². The van der Waals surface area contributed by atoms with Crippen molar-refractivity contribution in [1.82, 2.24) is 9.97 Å². The van der Waals surface area contributed by atoms with E-state index in [0.717, 1.165) is 29.3 Å². The summed E-state index contributed by atoms with van der Waals surface area (Å²) in [4.78, 5) is 8.72. The first-order valence-electron chi connectivity index (χ1n) is 4.82. The van der Waals surface area contributed by atoms with Gasteiger partial charge in [0.05, 0.1) is 11.9 Å². The highest BCUT2D eigenvalue weighted by molar-refractivity contribution is 5.32. The average Bonchev–Trinajstić information content (AvgIpc) is 2.16. The predicted octanol–water partition coefficient (Wildman–Crippen LogP) is 2.09. The van der Waals surface area contributed by atoms with Crippen LogP contribution in [0.4, 0.5) is 0 Å². The molecule has 3 nitrogen and oxygen atoms in total. The molecule has 0 aliphatic carbocycles. The van der Waals surface area contributed by atoms with E-state index in [-0.39, 0.29) is 0 Å². The topological polar surface area (TPSA) is 35.0 Å². The number of fused-ring (bicyclic) bond motifs is 1. The van der Waals surface area contributed by atoms with Crippen LogP contribution in [0.2, 0.25) is 0 Å². The van der Waals surface area contributed by atoms with Crippen LogP contribution in [0.3, 0.4) is 0 Å². The lowest BCUT2D eigenvalue weighted by Crippen LogP contribution is -2.14. The molecule has 3 heteroatoms. The van der Waals surface area contributed by atoms with Crippen molar-refractivity contribution in [2.45, 2.75) is 26.2 Å². The molecule has 0 amide bonds. The molecule has 14 heavy (non-hydrogen) atoms. The van der Waals surface area contributed by atoms with E-state index in [2.05, 4.69) is 30.4 Å². The minimum absolute atomic E-state index is 0.357. The summed E-state index contributed by atoms with van der Waals surface area (Å²) < 4.78 is 5.45. The van der Waals surface area contributed by atoms with Gasteiger partial charge in [0.15, 0.2) is 5.75 Å². The van der Waals surface area contributed by atoms with Gasteiger partial charge in [-0.3, -0.25) is 0 Å². The third kappa shape index (κ3) is 1.62. The largest absolute Gasteiger partial charge is 0.486 e. The van der Waals surface area contributed by atoms with E-state index < -0.39 is 0 Å². The molecule has 0 fully saturated rings. The van der Waals surface area contributed by atoms with Gasteiger partial charge >= 0.3 is 0 Å². The average molecular weight is 190 g/mol. The molecule has 1 aliphatic heterocycles. The standard InChI is InChI=1S/C11H14N2O/c1-7(2)11-12-5-10-9(13-11)4-8(3)6-14-10/h5,7H,3-4,6H2,1-2H3. The van der Waals surface area contributed by atoms with E-state index in [0.29, 0.717) is 12.5 Å². The fraction of sp³-hybridized carbons (Fsp3) is 0.455. The van der Waals surface area contributed by atoms with Crippen molar-refractivity contribution in [3.8, 4) is 5.75 Å². The fourth-order valence-electron chi connectivity index (χ4n) is 1.41. The van der Waals surface area contributed by atoms with Crippen molar-refractivity contribution in [3.63, 3.8) is 0 Å². The van der Waals surface area contributed by atoms with Gasteiger partial charge in [-0.05, 0) is 5.57 Å². The molecule has 2 rings (SSSR count). The van der Waals surface area contributed by atoms with Gasteiger partial charge in [0.25, 0.3) is 0 Å². The third-order valence-corrected chi connectivity index (χ3v) is 2.21. The van der Waals surface area contributed by atoms with E-state index in [4.69, 9.17) is 4.74 Å². The van der Waals surface area contributed by atoms with Crippen LogP contribution in [-0.2, 0) is 6.42 Å². The lowest BCUT2D eigenvalue weighted by Gasteiger charge is -2.18. The van der Waals surface area contributed by atoms with Gasteiger partial charge in [-0.2, -0.15) is 0 Å². The van der Waals surface area contributed by atoms with Crippen LogP contribution in [0.25, 0.3) is 0 Å². The minimum atomic E-state index is 0.357.